The number of likely N-dealkylation sites (N-methyl/N-ethyl adjacent to an activating group) is 1. The molecule has 7 heterocycles. The van der Waals surface area contributed by atoms with Gasteiger partial charge in [0.05, 0.1) is 41.2 Å². The number of phenolic OH excluding ortho intramolecular Hbond substituents is 2. The zero-order valence-electron chi connectivity index (χ0n) is 42.3. The zero-order chi connectivity index (χ0) is 49.7. The molecule has 5 bridgehead atoms. The summed E-state index contributed by atoms with van der Waals surface area (Å²) >= 11 is 0. The molecular formula is C53H74N6O10. The van der Waals surface area contributed by atoms with Gasteiger partial charge in [0.15, 0.2) is 5.75 Å². The number of carbonyl (C=O) groups excluding carboxylic acids is 3. The maximum atomic E-state index is 14.8. The van der Waals surface area contributed by atoms with Crippen molar-refractivity contribution in [2.24, 2.45) is 39.6 Å². The number of hydrogen-bond acceptors (Lipinski definition) is 14. The van der Waals surface area contributed by atoms with Gasteiger partial charge in [-0.05, 0) is 76.3 Å². The predicted octanol–water partition coefficient (Wildman–Crippen LogP) is 6.52. The van der Waals surface area contributed by atoms with E-state index in [1.54, 1.807) is 37.0 Å². The molecule has 2 amide bonds. The van der Waals surface area contributed by atoms with Crippen molar-refractivity contribution in [1.29, 1.82) is 0 Å². The van der Waals surface area contributed by atoms with Gasteiger partial charge in [-0.25, -0.2) is 9.79 Å². The zero-order valence-corrected chi connectivity index (χ0v) is 42.3. The number of allylic oxidation sites excluding steroid dienone is 4. The summed E-state index contributed by atoms with van der Waals surface area (Å²) in [5, 5.41) is 39.9. The van der Waals surface area contributed by atoms with Gasteiger partial charge in [0.25, 0.3) is 11.7 Å². The number of likely N-dealkylation sites (tertiary alicyclic amines) is 2. The van der Waals surface area contributed by atoms with E-state index in [0.717, 1.165) is 32.7 Å². The van der Waals surface area contributed by atoms with Crippen molar-refractivity contribution < 1.29 is 48.7 Å². The number of anilines is 1. The number of piperidine rings is 2. The van der Waals surface area contributed by atoms with E-state index in [2.05, 4.69) is 41.0 Å². The lowest BCUT2D eigenvalue weighted by Gasteiger charge is -2.46. The Morgan fingerprint density at radius 3 is 2.36 bits per heavy atom. The Hall–Kier alpha value is -5.03. The average Bonchev–Trinajstić information content (AvgIpc) is 3.80. The maximum Gasteiger partial charge on any atom is 0.410 e. The van der Waals surface area contributed by atoms with E-state index in [4.69, 9.17) is 23.9 Å². The molecule has 2 aromatic carbocycles. The number of ketones is 1. The molecule has 16 nitrogen and oxygen atoms in total. The number of carbonyl (C=O) groups is 3. The number of aliphatic hydroxyl groups is 1. The number of ether oxygens (including phenoxy) is 4. The SMILES string of the molecule is C/C1=C/C=C/C(C)C[C@@H](C)C(O)[C@@H](C)C(OC(=O)N2CCC3(CC2)CN(C)CCO3)[C@H](C)C/C=C/OC2(C)Oc3c(C)c(O)c4c(O)c(c5c(c4c3C2=O)NC2(CCN(CC(C)C)CC2)N=5)=NC1=O. The van der Waals surface area contributed by atoms with Crippen LogP contribution in [0.4, 0.5) is 10.5 Å². The molecule has 7 aliphatic heterocycles. The average molecular weight is 955 g/mol. The fourth-order valence-corrected chi connectivity index (χ4v) is 11.5. The van der Waals surface area contributed by atoms with Crippen LogP contribution in [0.15, 0.2) is 46.1 Å². The lowest BCUT2D eigenvalue weighted by atomic mass is 9.80. The quantitative estimate of drug-likeness (QED) is 0.243. The highest BCUT2D eigenvalue weighted by molar-refractivity contribution is 6.21. The number of phenols is 2. The molecule has 376 valence electrons. The van der Waals surface area contributed by atoms with Crippen molar-refractivity contribution in [1.82, 2.24) is 14.7 Å². The standard InChI is InChI=1S/C53H74N6O10/c1-30(2)28-58-20-18-53(19-21-58)55-40-37-38-44(61)36(8)47-39(37)48(63)51(9,69-47)66-25-12-15-32(4)46(68-50(65)59-22-16-52(17-23-59)29-57(10)24-26-67-52)35(7)43(60)34(6)27-31(3)13-11-14-33(5)49(64)54-42(45(38)62)41(40)56-53/h11-14,25,30-32,34-35,43,46,55,60-62H,15-24,26-29H2,1-10H3/b13-11+,25-12+,33-14-,54-42?/t31?,32-,34-,35-,43?,46?,51?/m1/s1. The number of hydrogen-bond donors (Lipinski definition) is 4. The number of Topliss-reactive ketones (excluding diaryl/α,β-unsaturated/α-hetero) is 1. The second-order valence-electron chi connectivity index (χ2n) is 21.7. The first-order valence-electron chi connectivity index (χ1n) is 25.1. The monoisotopic (exact) mass is 955 g/mol. The summed E-state index contributed by atoms with van der Waals surface area (Å²) in [6.45, 7) is 22.8. The summed E-state index contributed by atoms with van der Waals surface area (Å²) in [5.41, 5.74) is -0.127. The Kier molecular flexibility index (Phi) is 14.3. The van der Waals surface area contributed by atoms with Crippen molar-refractivity contribution in [3.8, 4) is 17.2 Å². The second kappa shape index (κ2) is 19.6. The molecule has 69 heavy (non-hydrogen) atoms. The Labute approximate surface area is 406 Å². The summed E-state index contributed by atoms with van der Waals surface area (Å²) in [5.74, 6) is -4.19. The van der Waals surface area contributed by atoms with Gasteiger partial charge in [-0.2, -0.15) is 0 Å². The van der Waals surface area contributed by atoms with Gasteiger partial charge in [0.1, 0.15) is 34.0 Å². The predicted molar refractivity (Wildman–Crippen MR) is 262 cm³/mol. The van der Waals surface area contributed by atoms with Crippen LogP contribution in [-0.2, 0) is 19.0 Å². The third-order valence-electron chi connectivity index (χ3n) is 15.5. The molecule has 2 spiro atoms. The molecule has 0 saturated carbocycles. The number of nitrogens with zero attached hydrogens (tertiary/aromatic N) is 5. The number of benzene rings is 2. The molecule has 3 fully saturated rings. The molecule has 4 unspecified atom stereocenters. The van der Waals surface area contributed by atoms with E-state index in [-0.39, 0.29) is 67.5 Å². The lowest BCUT2D eigenvalue weighted by Crippen LogP contribution is -2.57. The van der Waals surface area contributed by atoms with E-state index in [9.17, 15) is 29.7 Å². The van der Waals surface area contributed by atoms with Crippen LogP contribution in [0.5, 0.6) is 17.2 Å². The molecule has 0 aliphatic carbocycles. The van der Waals surface area contributed by atoms with Gasteiger partial charge in [-0.1, -0.05) is 59.8 Å². The smallest absolute Gasteiger partial charge is 0.410 e. The largest absolute Gasteiger partial charge is 0.507 e. The van der Waals surface area contributed by atoms with Crippen molar-refractivity contribution in [3.05, 3.63) is 58.0 Å². The molecule has 7 aliphatic rings. The fourth-order valence-electron chi connectivity index (χ4n) is 11.5. The topological polar surface area (TPSA) is 195 Å². The van der Waals surface area contributed by atoms with Crippen LogP contribution in [-0.4, -0.2) is 137 Å². The number of aromatic hydroxyl groups is 2. The molecule has 16 heteroatoms. The van der Waals surface area contributed by atoms with Gasteiger partial charge >= 0.3 is 11.9 Å². The molecule has 9 rings (SSSR count). The van der Waals surface area contributed by atoms with Crippen LogP contribution in [0, 0.1) is 36.5 Å². The molecule has 0 radical (unpaired) electrons. The second-order valence-corrected chi connectivity index (χ2v) is 21.7. The third-order valence-corrected chi connectivity index (χ3v) is 15.5. The van der Waals surface area contributed by atoms with Gasteiger partial charge in [-0.3, -0.25) is 14.6 Å². The number of nitrogens with one attached hydrogen (secondary N) is 1. The van der Waals surface area contributed by atoms with Crippen LogP contribution in [0.3, 0.4) is 0 Å². The highest BCUT2D eigenvalue weighted by Gasteiger charge is 2.51. The summed E-state index contributed by atoms with van der Waals surface area (Å²) in [6.07, 6.45) is 10.3. The molecular weight excluding hydrogens is 881 g/mol. The minimum atomic E-state index is -1.88. The van der Waals surface area contributed by atoms with E-state index in [1.807, 2.05) is 33.8 Å². The van der Waals surface area contributed by atoms with Crippen molar-refractivity contribution in [3.63, 3.8) is 0 Å². The van der Waals surface area contributed by atoms with Crippen LogP contribution in [0.2, 0.25) is 0 Å². The summed E-state index contributed by atoms with van der Waals surface area (Å²) in [6, 6.07) is 0. The minimum Gasteiger partial charge on any atom is -0.507 e. The first kappa shape index (κ1) is 50.4. The van der Waals surface area contributed by atoms with Crippen LogP contribution in [0.25, 0.3) is 10.8 Å². The number of morpholine rings is 1. The Balaban J connectivity index is 1.15. The third kappa shape index (κ3) is 9.87. The molecule has 7 atom stereocenters. The van der Waals surface area contributed by atoms with Gasteiger partial charge in [-0.15, -0.1) is 0 Å². The van der Waals surface area contributed by atoms with Crippen molar-refractivity contribution in [2.75, 3.05) is 64.8 Å². The molecule has 4 N–H and O–H groups in total. The Morgan fingerprint density at radius 2 is 1.68 bits per heavy atom. The van der Waals surface area contributed by atoms with E-state index in [1.165, 1.54) is 13.2 Å². The first-order chi connectivity index (χ1) is 32.6. The van der Waals surface area contributed by atoms with Crippen LogP contribution in [0.1, 0.15) is 110 Å². The minimum absolute atomic E-state index is 0.00329. The number of aliphatic hydroxyl groups excluding tert-OH is 1. The summed E-state index contributed by atoms with van der Waals surface area (Å²) in [7, 11) is 2.09. The summed E-state index contributed by atoms with van der Waals surface area (Å²) in [4.78, 5) is 58.9. The first-order valence-corrected chi connectivity index (χ1v) is 25.1. The van der Waals surface area contributed by atoms with E-state index < -0.39 is 53.1 Å². The number of fused-ring (bicyclic) bond motifs is 13. The lowest BCUT2D eigenvalue weighted by molar-refractivity contribution is -0.130. The number of amides is 2. The summed E-state index contributed by atoms with van der Waals surface area (Å²) < 4.78 is 25.2. The normalized spacial score (nSPS) is 31.7. The van der Waals surface area contributed by atoms with Gasteiger partial charge < -0.3 is 54.3 Å². The fraction of sp³-hybridized carbons (Fsp3) is 0.642. The van der Waals surface area contributed by atoms with E-state index >= 15 is 0 Å². The van der Waals surface area contributed by atoms with Gasteiger partial charge in [0.2, 0.25) is 0 Å². The highest BCUT2D eigenvalue weighted by atomic mass is 16.7. The van der Waals surface area contributed by atoms with E-state index in [0.29, 0.717) is 75.4 Å². The van der Waals surface area contributed by atoms with Crippen molar-refractivity contribution in [2.45, 2.75) is 130 Å². The molecule has 2 aromatic rings. The van der Waals surface area contributed by atoms with Crippen LogP contribution < -0.4 is 20.8 Å². The van der Waals surface area contributed by atoms with Crippen LogP contribution >= 0.6 is 0 Å². The maximum absolute atomic E-state index is 14.8. The molecule has 3 saturated heterocycles. The Bertz CT molecular complexity index is 2560. The number of rotatable bonds is 3. The van der Waals surface area contributed by atoms with Gasteiger partial charge in [0, 0.05) is 88.0 Å². The van der Waals surface area contributed by atoms with Crippen molar-refractivity contribution >= 4 is 34.2 Å². The highest BCUT2D eigenvalue weighted by Crippen LogP contribution is 2.51. The molecule has 0 aromatic heterocycles. The Morgan fingerprint density at radius 1 is 0.971 bits per heavy atom.